The van der Waals surface area contributed by atoms with Crippen LogP contribution in [0.3, 0.4) is 0 Å². The van der Waals surface area contributed by atoms with Gasteiger partial charge in [0.1, 0.15) is 0 Å². The van der Waals surface area contributed by atoms with Crippen molar-refractivity contribution in [2.75, 3.05) is 20.1 Å². The normalized spacial score (nSPS) is 23.2. The third-order valence-electron chi connectivity index (χ3n) is 2.40. The number of hydrogen-bond acceptors (Lipinski definition) is 2. The number of nitrogens with one attached hydrogen (secondary N) is 1. The highest BCUT2D eigenvalue weighted by Crippen LogP contribution is 2.24. The highest BCUT2D eigenvalue weighted by molar-refractivity contribution is 5.33. The standard InChI is InChI=1S/C11H20N2/c1-4-7-12-9-10-6-8-13(3)11(10)5-2/h5,9,12H,4,6-8H2,1-3H3/b10-9+,11-5+. The second kappa shape index (κ2) is 4.95. The molecule has 0 unspecified atom stereocenters. The molecule has 2 nitrogen and oxygen atoms in total. The Morgan fingerprint density at radius 2 is 2.31 bits per heavy atom. The molecule has 1 N–H and O–H groups in total. The number of allylic oxidation sites excluding steroid dienone is 2. The van der Waals surface area contributed by atoms with Gasteiger partial charge in [0, 0.05) is 32.0 Å². The van der Waals surface area contributed by atoms with Gasteiger partial charge in [0.15, 0.2) is 0 Å². The van der Waals surface area contributed by atoms with E-state index in [9.17, 15) is 0 Å². The zero-order chi connectivity index (χ0) is 9.68. The van der Waals surface area contributed by atoms with Gasteiger partial charge in [-0.05, 0) is 25.3 Å². The van der Waals surface area contributed by atoms with E-state index < -0.39 is 0 Å². The summed E-state index contributed by atoms with van der Waals surface area (Å²) in [5, 5.41) is 3.33. The maximum Gasteiger partial charge on any atom is 0.0368 e. The lowest BCUT2D eigenvalue weighted by atomic mass is 10.2. The summed E-state index contributed by atoms with van der Waals surface area (Å²) in [6, 6.07) is 0. The molecule has 1 aliphatic rings. The fraction of sp³-hybridized carbons (Fsp3) is 0.636. The molecule has 1 heterocycles. The van der Waals surface area contributed by atoms with Crippen molar-refractivity contribution < 1.29 is 0 Å². The maximum absolute atomic E-state index is 3.33. The summed E-state index contributed by atoms with van der Waals surface area (Å²) in [6.45, 7) is 6.51. The zero-order valence-electron chi connectivity index (χ0n) is 8.93. The number of rotatable bonds is 3. The number of hydrogen-bond donors (Lipinski definition) is 1. The van der Waals surface area contributed by atoms with Crippen molar-refractivity contribution in [3.8, 4) is 0 Å². The average molecular weight is 180 g/mol. The Hall–Kier alpha value is -0.920. The van der Waals surface area contributed by atoms with Crippen LogP contribution in [-0.4, -0.2) is 25.0 Å². The Balaban J connectivity index is 2.55. The van der Waals surface area contributed by atoms with E-state index in [4.69, 9.17) is 0 Å². The van der Waals surface area contributed by atoms with Gasteiger partial charge >= 0.3 is 0 Å². The molecule has 0 aromatic rings. The van der Waals surface area contributed by atoms with Gasteiger partial charge in [0.25, 0.3) is 0 Å². The van der Waals surface area contributed by atoms with E-state index >= 15 is 0 Å². The molecule has 0 saturated carbocycles. The summed E-state index contributed by atoms with van der Waals surface area (Å²) in [5.74, 6) is 0. The Labute approximate surface area is 81.3 Å². The van der Waals surface area contributed by atoms with Crippen molar-refractivity contribution in [1.82, 2.24) is 10.2 Å². The summed E-state index contributed by atoms with van der Waals surface area (Å²) in [7, 11) is 2.15. The van der Waals surface area contributed by atoms with Gasteiger partial charge in [0.2, 0.25) is 0 Å². The molecule has 0 aromatic carbocycles. The van der Waals surface area contributed by atoms with Gasteiger partial charge in [-0.2, -0.15) is 0 Å². The quantitative estimate of drug-likeness (QED) is 0.669. The Morgan fingerprint density at radius 3 is 2.92 bits per heavy atom. The minimum absolute atomic E-state index is 1.07. The van der Waals surface area contributed by atoms with Gasteiger partial charge in [-0.15, -0.1) is 0 Å². The van der Waals surface area contributed by atoms with Crippen LogP contribution in [-0.2, 0) is 0 Å². The molecule has 2 heteroatoms. The zero-order valence-corrected chi connectivity index (χ0v) is 8.93. The smallest absolute Gasteiger partial charge is 0.0368 e. The number of nitrogens with zero attached hydrogens (tertiary/aromatic N) is 1. The molecule has 74 valence electrons. The molecule has 0 aromatic heterocycles. The molecule has 0 atom stereocenters. The lowest BCUT2D eigenvalue weighted by molar-refractivity contribution is 0.481. The molecule has 0 spiro atoms. The van der Waals surface area contributed by atoms with E-state index in [-0.39, 0.29) is 0 Å². The number of likely N-dealkylation sites (N-methyl/N-ethyl adjacent to an activating group) is 1. The van der Waals surface area contributed by atoms with E-state index in [1.165, 1.54) is 24.1 Å². The first-order valence-corrected chi connectivity index (χ1v) is 5.09. The highest BCUT2D eigenvalue weighted by atomic mass is 15.1. The second-order valence-corrected chi connectivity index (χ2v) is 3.47. The van der Waals surface area contributed by atoms with Crippen LogP contribution in [0.15, 0.2) is 23.5 Å². The lowest BCUT2D eigenvalue weighted by Crippen LogP contribution is -2.11. The van der Waals surface area contributed by atoms with E-state index in [1.807, 2.05) is 0 Å². The fourth-order valence-electron chi connectivity index (χ4n) is 1.67. The summed E-state index contributed by atoms with van der Waals surface area (Å²) in [5.41, 5.74) is 2.82. The molecule has 0 bridgehead atoms. The molecule has 1 saturated heterocycles. The second-order valence-electron chi connectivity index (χ2n) is 3.47. The van der Waals surface area contributed by atoms with Crippen molar-refractivity contribution >= 4 is 0 Å². The summed E-state index contributed by atoms with van der Waals surface area (Å²) in [6.07, 6.45) is 6.71. The van der Waals surface area contributed by atoms with Crippen molar-refractivity contribution in [2.24, 2.45) is 0 Å². The van der Waals surface area contributed by atoms with Gasteiger partial charge in [-0.1, -0.05) is 13.0 Å². The van der Waals surface area contributed by atoms with Crippen LogP contribution in [0.1, 0.15) is 26.7 Å². The molecular formula is C11H20N2. The molecule has 0 radical (unpaired) electrons. The Morgan fingerprint density at radius 1 is 1.54 bits per heavy atom. The Kier molecular flexibility index (Phi) is 3.87. The van der Waals surface area contributed by atoms with E-state index in [2.05, 4.69) is 43.4 Å². The predicted molar refractivity (Wildman–Crippen MR) is 57.4 cm³/mol. The monoisotopic (exact) mass is 180 g/mol. The minimum Gasteiger partial charge on any atom is -0.391 e. The highest BCUT2D eigenvalue weighted by Gasteiger charge is 2.16. The van der Waals surface area contributed by atoms with Crippen LogP contribution < -0.4 is 5.32 Å². The van der Waals surface area contributed by atoms with Gasteiger partial charge in [-0.3, -0.25) is 0 Å². The maximum atomic E-state index is 3.33. The third-order valence-corrected chi connectivity index (χ3v) is 2.40. The van der Waals surface area contributed by atoms with Crippen LogP contribution in [0.5, 0.6) is 0 Å². The predicted octanol–water partition coefficient (Wildman–Crippen LogP) is 2.11. The van der Waals surface area contributed by atoms with Crippen LogP contribution in [0.4, 0.5) is 0 Å². The average Bonchev–Trinajstić information content (AvgIpc) is 2.47. The molecular weight excluding hydrogens is 160 g/mol. The first-order chi connectivity index (χ1) is 6.29. The SMILES string of the molecule is C/C=C1\C(=C\NCCC)CCN1C. The third kappa shape index (κ3) is 2.51. The summed E-state index contributed by atoms with van der Waals surface area (Å²) < 4.78 is 0. The van der Waals surface area contributed by atoms with Crippen LogP contribution in [0.2, 0.25) is 0 Å². The summed E-state index contributed by atoms with van der Waals surface area (Å²) in [4.78, 5) is 2.31. The van der Waals surface area contributed by atoms with Gasteiger partial charge in [0.05, 0.1) is 0 Å². The number of likely N-dealkylation sites (tertiary alicyclic amines) is 1. The minimum atomic E-state index is 1.07. The van der Waals surface area contributed by atoms with Crippen molar-refractivity contribution in [3.05, 3.63) is 23.5 Å². The molecule has 0 amide bonds. The van der Waals surface area contributed by atoms with Gasteiger partial charge < -0.3 is 10.2 Å². The molecule has 13 heavy (non-hydrogen) atoms. The van der Waals surface area contributed by atoms with Gasteiger partial charge in [-0.25, -0.2) is 0 Å². The van der Waals surface area contributed by atoms with Crippen molar-refractivity contribution in [3.63, 3.8) is 0 Å². The van der Waals surface area contributed by atoms with Crippen LogP contribution in [0, 0.1) is 0 Å². The first-order valence-electron chi connectivity index (χ1n) is 5.09. The topological polar surface area (TPSA) is 15.3 Å². The molecule has 1 aliphatic heterocycles. The van der Waals surface area contributed by atoms with Crippen LogP contribution in [0.25, 0.3) is 0 Å². The molecule has 0 aliphatic carbocycles. The Bertz CT molecular complexity index is 216. The van der Waals surface area contributed by atoms with E-state index in [0.29, 0.717) is 0 Å². The largest absolute Gasteiger partial charge is 0.391 e. The van der Waals surface area contributed by atoms with Crippen LogP contribution >= 0.6 is 0 Å². The van der Waals surface area contributed by atoms with Crippen molar-refractivity contribution in [2.45, 2.75) is 26.7 Å². The van der Waals surface area contributed by atoms with E-state index in [1.54, 1.807) is 0 Å². The first kappa shape index (κ1) is 10.2. The summed E-state index contributed by atoms with van der Waals surface area (Å²) >= 11 is 0. The van der Waals surface area contributed by atoms with Crippen molar-refractivity contribution in [1.29, 1.82) is 0 Å². The lowest BCUT2D eigenvalue weighted by Gasteiger charge is -2.12. The van der Waals surface area contributed by atoms with E-state index in [0.717, 1.165) is 13.1 Å². The molecule has 1 fully saturated rings. The fourth-order valence-corrected chi connectivity index (χ4v) is 1.67. The molecule has 1 rings (SSSR count).